The summed E-state index contributed by atoms with van der Waals surface area (Å²) in [6, 6.07) is 5.48. The van der Waals surface area contributed by atoms with Crippen LogP contribution in [0.25, 0.3) is 0 Å². The average molecular weight is 236 g/mol. The second-order valence-electron chi connectivity index (χ2n) is 5.54. The zero-order valence-corrected chi connectivity index (χ0v) is 10.9. The first-order valence-electron chi connectivity index (χ1n) is 6.24. The van der Waals surface area contributed by atoms with E-state index in [0.717, 1.165) is 37.3 Å². The van der Waals surface area contributed by atoms with Crippen molar-refractivity contribution in [1.29, 1.82) is 0 Å². The van der Waals surface area contributed by atoms with Crippen LogP contribution in [-0.4, -0.2) is 25.2 Å². The highest BCUT2D eigenvalue weighted by molar-refractivity contribution is 5.49. The molecule has 1 aliphatic rings. The highest BCUT2D eigenvalue weighted by Crippen LogP contribution is 2.23. The number of anilines is 1. The predicted molar refractivity (Wildman–Crippen MR) is 70.0 cm³/mol. The Morgan fingerprint density at radius 3 is 2.82 bits per heavy atom. The summed E-state index contributed by atoms with van der Waals surface area (Å²) in [5.41, 5.74) is 1.74. The molecule has 0 saturated carbocycles. The van der Waals surface area contributed by atoms with E-state index in [-0.39, 0.29) is 11.4 Å². The molecule has 1 heterocycles. The van der Waals surface area contributed by atoms with Crippen molar-refractivity contribution in [1.82, 2.24) is 5.32 Å². The van der Waals surface area contributed by atoms with Crippen LogP contribution in [0.4, 0.5) is 10.1 Å². The van der Waals surface area contributed by atoms with Gasteiger partial charge in [0.1, 0.15) is 5.82 Å². The first kappa shape index (κ1) is 12.4. The van der Waals surface area contributed by atoms with Gasteiger partial charge in [0.05, 0.1) is 5.69 Å². The summed E-state index contributed by atoms with van der Waals surface area (Å²) in [6.45, 7) is 9.00. The fourth-order valence-corrected chi connectivity index (χ4v) is 2.38. The van der Waals surface area contributed by atoms with Gasteiger partial charge in [-0.3, -0.25) is 0 Å². The molecule has 1 aromatic rings. The van der Waals surface area contributed by atoms with E-state index in [2.05, 4.69) is 24.1 Å². The fourth-order valence-electron chi connectivity index (χ4n) is 2.38. The second kappa shape index (κ2) is 4.65. The maximum absolute atomic E-state index is 14.0. The first-order chi connectivity index (χ1) is 7.98. The number of halogens is 1. The molecule has 0 aromatic heterocycles. The monoisotopic (exact) mass is 236 g/mol. The Labute approximate surface area is 103 Å². The van der Waals surface area contributed by atoms with Crippen molar-refractivity contribution >= 4 is 5.69 Å². The summed E-state index contributed by atoms with van der Waals surface area (Å²) < 4.78 is 14.0. The highest BCUT2D eigenvalue weighted by Gasteiger charge is 2.25. The minimum atomic E-state index is -0.109. The van der Waals surface area contributed by atoms with Gasteiger partial charge in [-0.15, -0.1) is 0 Å². The molecule has 0 unspecified atom stereocenters. The number of nitrogens with one attached hydrogen (secondary N) is 1. The van der Waals surface area contributed by atoms with Gasteiger partial charge in [-0.1, -0.05) is 6.07 Å². The minimum Gasteiger partial charge on any atom is -0.367 e. The predicted octanol–water partition coefficient (Wildman–Crippen LogP) is 2.71. The van der Waals surface area contributed by atoms with Crippen LogP contribution in [0.15, 0.2) is 18.2 Å². The largest absolute Gasteiger partial charge is 0.367 e. The molecule has 3 heteroatoms. The van der Waals surface area contributed by atoms with Gasteiger partial charge >= 0.3 is 0 Å². The third-order valence-electron chi connectivity index (χ3n) is 3.24. The Morgan fingerprint density at radius 2 is 2.12 bits per heavy atom. The van der Waals surface area contributed by atoms with Crippen LogP contribution in [0.2, 0.25) is 0 Å². The molecule has 94 valence electrons. The van der Waals surface area contributed by atoms with E-state index >= 15 is 0 Å². The topological polar surface area (TPSA) is 15.3 Å². The van der Waals surface area contributed by atoms with Crippen LogP contribution in [0.1, 0.15) is 25.8 Å². The molecular formula is C14H21FN2. The Balaban J connectivity index is 2.25. The van der Waals surface area contributed by atoms with Crippen LogP contribution < -0.4 is 10.2 Å². The first-order valence-corrected chi connectivity index (χ1v) is 6.24. The van der Waals surface area contributed by atoms with Crippen molar-refractivity contribution in [2.75, 3.05) is 24.5 Å². The summed E-state index contributed by atoms with van der Waals surface area (Å²) in [6.07, 6.45) is 1.05. The van der Waals surface area contributed by atoms with Crippen LogP contribution in [0.3, 0.4) is 0 Å². The van der Waals surface area contributed by atoms with Gasteiger partial charge in [-0.2, -0.15) is 0 Å². The summed E-state index contributed by atoms with van der Waals surface area (Å²) in [5.74, 6) is -0.109. The third-order valence-corrected chi connectivity index (χ3v) is 3.24. The molecule has 17 heavy (non-hydrogen) atoms. The molecule has 1 saturated heterocycles. The molecule has 0 bridgehead atoms. The zero-order valence-electron chi connectivity index (χ0n) is 10.9. The summed E-state index contributed by atoms with van der Waals surface area (Å²) in [4.78, 5) is 2.15. The molecule has 0 atom stereocenters. The van der Waals surface area contributed by atoms with Crippen molar-refractivity contribution in [3.63, 3.8) is 0 Å². The van der Waals surface area contributed by atoms with Gasteiger partial charge in [0.2, 0.25) is 0 Å². The number of aryl methyl sites for hydroxylation is 1. The second-order valence-corrected chi connectivity index (χ2v) is 5.54. The molecule has 0 amide bonds. The minimum absolute atomic E-state index is 0.0355. The molecule has 0 spiro atoms. The van der Waals surface area contributed by atoms with Crippen LogP contribution in [0.5, 0.6) is 0 Å². The third kappa shape index (κ3) is 2.97. The zero-order chi connectivity index (χ0) is 12.5. The lowest BCUT2D eigenvalue weighted by atomic mass is 10.1. The molecule has 1 N–H and O–H groups in total. The van der Waals surface area contributed by atoms with E-state index in [1.165, 1.54) is 0 Å². The van der Waals surface area contributed by atoms with Crippen molar-refractivity contribution in [2.24, 2.45) is 0 Å². The number of hydrogen-bond donors (Lipinski definition) is 1. The Morgan fingerprint density at radius 1 is 1.35 bits per heavy atom. The van der Waals surface area contributed by atoms with E-state index in [0.29, 0.717) is 0 Å². The number of benzene rings is 1. The normalized spacial score (nSPS) is 20.1. The highest BCUT2D eigenvalue weighted by atomic mass is 19.1. The van der Waals surface area contributed by atoms with E-state index < -0.39 is 0 Å². The summed E-state index contributed by atoms with van der Waals surface area (Å²) >= 11 is 0. The van der Waals surface area contributed by atoms with Crippen LogP contribution in [-0.2, 0) is 0 Å². The number of rotatable bonds is 1. The fraction of sp³-hybridized carbons (Fsp3) is 0.571. The summed E-state index contributed by atoms with van der Waals surface area (Å²) in [5, 5.41) is 3.49. The quantitative estimate of drug-likeness (QED) is 0.806. The van der Waals surface area contributed by atoms with E-state index in [1.807, 2.05) is 19.1 Å². The molecule has 1 aromatic carbocycles. The Hall–Kier alpha value is -1.09. The smallest absolute Gasteiger partial charge is 0.146 e. The molecule has 2 nitrogen and oxygen atoms in total. The average Bonchev–Trinajstić information content (AvgIpc) is 2.39. The van der Waals surface area contributed by atoms with Crippen LogP contribution in [0, 0.1) is 12.7 Å². The van der Waals surface area contributed by atoms with Crippen molar-refractivity contribution < 1.29 is 4.39 Å². The van der Waals surface area contributed by atoms with E-state index in [4.69, 9.17) is 0 Å². The van der Waals surface area contributed by atoms with Gasteiger partial charge < -0.3 is 10.2 Å². The van der Waals surface area contributed by atoms with Gasteiger partial charge in [0.15, 0.2) is 0 Å². The lowest BCUT2D eigenvalue weighted by Crippen LogP contribution is -2.46. The summed E-state index contributed by atoms with van der Waals surface area (Å²) in [7, 11) is 0. The number of hydrogen-bond acceptors (Lipinski definition) is 2. The van der Waals surface area contributed by atoms with Gasteiger partial charge in [-0.25, -0.2) is 4.39 Å². The molecule has 1 aliphatic heterocycles. The molecule has 1 fully saturated rings. The van der Waals surface area contributed by atoms with Gasteiger partial charge in [0.25, 0.3) is 0 Å². The maximum Gasteiger partial charge on any atom is 0.146 e. The van der Waals surface area contributed by atoms with Crippen molar-refractivity contribution in [3.8, 4) is 0 Å². The maximum atomic E-state index is 14.0. The molecular weight excluding hydrogens is 215 g/mol. The van der Waals surface area contributed by atoms with E-state index in [1.54, 1.807) is 6.07 Å². The lowest BCUT2D eigenvalue weighted by Gasteiger charge is -2.31. The Kier molecular flexibility index (Phi) is 3.38. The number of nitrogens with zero attached hydrogens (tertiary/aromatic N) is 1. The van der Waals surface area contributed by atoms with Gasteiger partial charge in [-0.05, 0) is 51.4 Å². The Bertz CT molecular complexity index is 401. The molecule has 2 rings (SSSR count). The standard InChI is InChI=1S/C14H21FN2/c1-11-5-6-13(12(15)9-11)17-8-4-7-16-14(2,3)10-17/h5-6,9,16H,4,7-8,10H2,1-3H3. The molecule has 0 radical (unpaired) electrons. The SMILES string of the molecule is Cc1ccc(N2CCCNC(C)(C)C2)c(F)c1. The van der Waals surface area contributed by atoms with Crippen molar-refractivity contribution in [3.05, 3.63) is 29.6 Å². The van der Waals surface area contributed by atoms with Gasteiger partial charge in [0, 0.05) is 18.6 Å². The lowest BCUT2D eigenvalue weighted by molar-refractivity contribution is 0.415. The van der Waals surface area contributed by atoms with Crippen LogP contribution >= 0.6 is 0 Å². The van der Waals surface area contributed by atoms with E-state index in [9.17, 15) is 4.39 Å². The molecule has 0 aliphatic carbocycles. The van der Waals surface area contributed by atoms with Crippen molar-refractivity contribution in [2.45, 2.75) is 32.7 Å².